The van der Waals surface area contributed by atoms with Crippen molar-refractivity contribution in [3.05, 3.63) is 28.7 Å². The molecular weight excluding hydrogens is 255 g/mol. The van der Waals surface area contributed by atoms with Gasteiger partial charge in [0.25, 0.3) is 0 Å². The molecule has 1 aromatic rings. The van der Waals surface area contributed by atoms with Crippen LogP contribution < -0.4 is 20.0 Å². The zero-order valence-corrected chi connectivity index (χ0v) is 9.96. The van der Waals surface area contributed by atoms with Crippen molar-refractivity contribution in [1.29, 1.82) is 0 Å². The van der Waals surface area contributed by atoms with E-state index in [0.29, 0.717) is 4.47 Å². The number of hydrogen-bond donors (Lipinski definition) is 0. The second-order valence-electron chi connectivity index (χ2n) is 1.98. The van der Waals surface area contributed by atoms with Gasteiger partial charge in [0.2, 0.25) is 0 Å². The largest absolute Gasteiger partial charge is 2.00 e. The summed E-state index contributed by atoms with van der Waals surface area (Å²) in [6.45, 7) is 0. The number of hydrogen-bond acceptors (Lipinski definition) is 3. The maximum atomic E-state index is 10.4. The van der Waals surface area contributed by atoms with E-state index in [-0.39, 0.29) is 28.4 Å². The normalized spacial score (nSPS) is 10.7. The van der Waals surface area contributed by atoms with E-state index in [4.69, 9.17) is 0 Å². The minimum absolute atomic E-state index is 0. The van der Waals surface area contributed by atoms with Crippen molar-refractivity contribution in [1.82, 2.24) is 0 Å². The van der Waals surface area contributed by atoms with E-state index in [9.17, 15) is 14.7 Å². The van der Waals surface area contributed by atoms with Crippen molar-refractivity contribution in [2.75, 3.05) is 0 Å². The van der Waals surface area contributed by atoms with Crippen LogP contribution in [0.25, 0.3) is 0 Å². The van der Waals surface area contributed by atoms with Gasteiger partial charge in [-0.25, -0.2) is 0 Å². The molecule has 60 valence electrons. The number of benzene rings is 1. The van der Waals surface area contributed by atoms with Crippen LogP contribution in [0, 0.1) is 0 Å². The molecule has 0 saturated heterocycles. The summed E-state index contributed by atoms with van der Waals surface area (Å²) in [5, 5.41) is -0.188. The fraction of sp³-hybridized carbons (Fsp3) is 0. The van der Waals surface area contributed by atoms with Crippen LogP contribution in [0.4, 0.5) is 0 Å². The van der Waals surface area contributed by atoms with E-state index in [2.05, 4.69) is 15.9 Å². The standard InChI is InChI=1S/C6H6BrO3P.Mg/c7-5-2-1-3-6(4-5)11(8,9)10;/h1-4H,(H2,8,9,10);/q;+2/p-2. The van der Waals surface area contributed by atoms with Crippen molar-refractivity contribution in [3.63, 3.8) is 0 Å². The molecule has 0 aliphatic heterocycles. The van der Waals surface area contributed by atoms with Gasteiger partial charge in [0.15, 0.2) is 0 Å². The van der Waals surface area contributed by atoms with Crippen LogP contribution in [0.1, 0.15) is 0 Å². The zero-order valence-electron chi connectivity index (χ0n) is 6.07. The Kier molecular flexibility index (Phi) is 5.17. The van der Waals surface area contributed by atoms with Crippen molar-refractivity contribution >= 4 is 52.2 Å². The summed E-state index contributed by atoms with van der Waals surface area (Å²) >= 11 is 3.06. The van der Waals surface area contributed by atoms with Gasteiger partial charge in [-0.3, -0.25) is 0 Å². The Morgan fingerprint density at radius 2 is 1.75 bits per heavy atom. The average Bonchev–Trinajstić information content (AvgIpc) is 1.86. The predicted octanol–water partition coefficient (Wildman–Crippen LogP) is -1.46. The molecular formula is C6H4BrMgO3P. The Morgan fingerprint density at radius 1 is 1.17 bits per heavy atom. The van der Waals surface area contributed by atoms with Gasteiger partial charge in [0, 0.05) is 4.47 Å². The van der Waals surface area contributed by atoms with E-state index in [0.717, 1.165) is 0 Å². The van der Waals surface area contributed by atoms with Crippen molar-refractivity contribution in [2.45, 2.75) is 0 Å². The molecule has 0 fully saturated rings. The molecule has 0 heterocycles. The van der Waals surface area contributed by atoms with Crippen LogP contribution in [0.3, 0.4) is 0 Å². The fourth-order valence-electron chi connectivity index (χ4n) is 0.646. The molecule has 0 amide bonds. The average molecular weight is 259 g/mol. The molecule has 0 bridgehead atoms. The first-order valence-electron chi connectivity index (χ1n) is 2.78. The first-order valence-corrected chi connectivity index (χ1v) is 5.12. The quantitative estimate of drug-likeness (QED) is 0.457. The fourth-order valence-corrected chi connectivity index (χ4v) is 1.79. The molecule has 1 rings (SSSR count). The molecule has 12 heavy (non-hydrogen) atoms. The second kappa shape index (κ2) is 4.86. The van der Waals surface area contributed by atoms with Gasteiger partial charge in [-0.1, -0.05) is 22.0 Å². The smallest absolute Gasteiger partial charge is 0.683 e. The van der Waals surface area contributed by atoms with Crippen LogP contribution in [-0.4, -0.2) is 23.1 Å². The van der Waals surface area contributed by atoms with Gasteiger partial charge in [0.1, 0.15) is 0 Å². The molecule has 0 spiro atoms. The Labute approximate surface area is 95.3 Å². The van der Waals surface area contributed by atoms with Crippen LogP contribution in [0.2, 0.25) is 0 Å². The topological polar surface area (TPSA) is 69.2 Å². The van der Waals surface area contributed by atoms with Gasteiger partial charge in [-0.15, -0.1) is 7.94 Å². The minimum Gasteiger partial charge on any atom is -0.683 e. The van der Waals surface area contributed by atoms with Gasteiger partial charge < -0.3 is 14.7 Å². The van der Waals surface area contributed by atoms with Crippen molar-refractivity contribution < 1.29 is 14.7 Å². The summed E-state index contributed by atoms with van der Waals surface area (Å²) < 4.78 is 0.585. The monoisotopic (exact) mass is 258 g/mol. The number of rotatable bonds is 1. The third-order valence-corrected chi connectivity index (χ3v) is 2.53. The van der Waals surface area contributed by atoms with E-state index in [1.54, 1.807) is 6.07 Å². The summed E-state index contributed by atoms with van der Waals surface area (Å²) in [7, 11) is -4.58. The van der Waals surface area contributed by atoms with E-state index in [1.807, 2.05) is 0 Å². The third kappa shape index (κ3) is 3.66. The first-order chi connectivity index (χ1) is 5.00. The zero-order chi connectivity index (χ0) is 8.48. The van der Waals surface area contributed by atoms with E-state index < -0.39 is 7.94 Å². The Bertz CT molecular complexity index is 263. The van der Waals surface area contributed by atoms with Crippen LogP contribution in [0.5, 0.6) is 0 Å². The molecule has 0 aromatic heterocycles. The second-order valence-corrected chi connectivity index (χ2v) is 4.40. The predicted molar refractivity (Wildman–Crippen MR) is 46.5 cm³/mol. The van der Waals surface area contributed by atoms with Crippen molar-refractivity contribution in [3.8, 4) is 0 Å². The maximum Gasteiger partial charge on any atom is 2.00 e. The molecule has 0 aliphatic carbocycles. The van der Waals surface area contributed by atoms with Gasteiger partial charge in [-0.05, 0) is 18.2 Å². The van der Waals surface area contributed by atoms with Crippen LogP contribution in [-0.2, 0) is 0 Å². The molecule has 0 N–H and O–H groups in total. The summed E-state index contributed by atoms with van der Waals surface area (Å²) in [4.78, 5) is 31.3. The molecule has 1 aromatic carbocycles. The molecule has 0 radical (unpaired) electrons. The molecule has 0 aliphatic rings. The minimum atomic E-state index is -4.58. The van der Waals surface area contributed by atoms with Crippen LogP contribution >= 0.6 is 23.9 Å². The van der Waals surface area contributed by atoms with E-state index in [1.165, 1.54) is 18.2 Å². The van der Waals surface area contributed by atoms with Gasteiger partial charge >= 0.3 is 23.1 Å². The van der Waals surface area contributed by atoms with E-state index >= 15 is 0 Å². The number of halogens is 1. The SMILES string of the molecule is [Mg+2].[O-][P+]([O-])([O-])c1cccc(Br)c1. The Balaban J connectivity index is 0.00000121. The summed E-state index contributed by atoms with van der Waals surface area (Å²) in [6.07, 6.45) is 0. The first kappa shape index (κ1) is 12.8. The molecule has 0 atom stereocenters. The van der Waals surface area contributed by atoms with Crippen LogP contribution in [0.15, 0.2) is 28.7 Å². The maximum absolute atomic E-state index is 10.4. The summed E-state index contributed by atoms with van der Waals surface area (Å²) in [5.41, 5.74) is 0. The van der Waals surface area contributed by atoms with Gasteiger partial charge in [-0.2, -0.15) is 0 Å². The molecule has 3 nitrogen and oxygen atoms in total. The summed E-state index contributed by atoms with van der Waals surface area (Å²) in [5.74, 6) is 0. The van der Waals surface area contributed by atoms with Crippen molar-refractivity contribution in [2.24, 2.45) is 0 Å². The Hall–Kier alpha value is 0.776. The molecule has 0 saturated carbocycles. The molecule has 6 heteroatoms. The Morgan fingerprint density at radius 3 is 2.08 bits per heavy atom. The van der Waals surface area contributed by atoms with Gasteiger partial charge in [0.05, 0.1) is 5.30 Å². The molecule has 0 unspecified atom stereocenters. The summed E-state index contributed by atoms with van der Waals surface area (Å²) in [6, 6.07) is 5.70. The third-order valence-electron chi connectivity index (χ3n) is 1.12.